The van der Waals surface area contributed by atoms with E-state index in [9.17, 15) is 0 Å². The maximum absolute atomic E-state index is 4.25. The van der Waals surface area contributed by atoms with Crippen LogP contribution in [0.4, 0.5) is 0 Å². The zero-order valence-corrected chi connectivity index (χ0v) is 19.3. The smallest absolute Gasteiger partial charge is 0.521 e. The zero-order valence-electron chi connectivity index (χ0n) is 17.3. The summed E-state index contributed by atoms with van der Waals surface area (Å²) in [6, 6.07) is 21.4. The molecule has 2 nitrogen and oxygen atoms in total. The van der Waals surface area contributed by atoms with E-state index in [4.69, 9.17) is 0 Å². The van der Waals surface area contributed by atoms with E-state index >= 15 is 0 Å². The molecule has 1 N–H and O–H groups in total. The molecule has 2 aromatic carbocycles. The quantitative estimate of drug-likeness (QED) is 0.640. The van der Waals surface area contributed by atoms with Gasteiger partial charge in [-0.15, -0.1) is 0 Å². The molecule has 140 valence electrons. The van der Waals surface area contributed by atoms with Crippen molar-refractivity contribution in [1.82, 2.24) is 10.2 Å². The molecule has 1 atom stereocenters. The van der Waals surface area contributed by atoms with Crippen molar-refractivity contribution in [2.45, 2.75) is 38.8 Å². The van der Waals surface area contributed by atoms with Gasteiger partial charge >= 0.3 is 29.6 Å². The summed E-state index contributed by atoms with van der Waals surface area (Å²) in [7, 11) is 2.17. The molecule has 0 aromatic heterocycles. The van der Waals surface area contributed by atoms with E-state index in [1.54, 1.807) is 0 Å². The van der Waals surface area contributed by atoms with Gasteiger partial charge in [0.15, 0.2) is 0 Å². The van der Waals surface area contributed by atoms with Gasteiger partial charge in [0.1, 0.15) is 0 Å². The van der Waals surface area contributed by atoms with Crippen molar-refractivity contribution >= 4 is 0 Å². The van der Waals surface area contributed by atoms with E-state index in [1.807, 2.05) is 12.1 Å². The molecule has 27 heavy (non-hydrogen) atoms. The minimum Gasteiger partial charge on any atom is -0.521 e. The Bertz CT molecular complexity index is 613. The van der Waals surface area contributed by atoms with Crippen molar-refractivity contribution in [2.24, 2.45) is 0 Å². The van der Waals surface area contributed by atoms with Gasteiger partial charge in [-0.25, -0.2) is 0 Å². The van der Waals surface area contributed by atoms with Crippen LogP contribution in [0, 0.1) is 6.58 Å². The summed E-state index contributed by atoms with van der Waals surface area (Å²) in [4.78, 5) is 2.38. The summed E-state index contributed by atoms with van der Waals surface area (Å²) < 4.78 is 0. The Morgan fingerprint density at radius 2 is 1.56 bits per heavy atom. The second-order valence-electron chi connectivity index (χ2n) is 6.34. The average Bonchev–Trinajstić information content (AvgIpc) is 3.15. The molecule has 1 aliphatic rings. The monoisotopic (exact) mass is 372 g/mol. The van der Waals surface area contributed by atoms with E-state index in [0.717, 1.165) is 18.7 Å². The zero-order chi connectivity index (χ0) is 19.2. The van der Waals surface area contributed by atoms with Crippen LogP contribution in [0.1, 0.15) is 30.9 Å². The molecule has 0 saturated carbocycles. The summed E-state index contributed by atoms with van der Waals surface area (Å²) in [6.07, 6.45) is 3.66. The normalized spacial score (nSPS) is 15.3. The molecule has 1 saturated heterocycles. The molecule has 1 heterocycles. The van der Waals surface area contributed by atoms with Gasteiger partial charge in [-0.2, -0.15) is 0 Å². The average molecular weight is 373 g/mol. The third kappa shape index (κ3) is 9.97. The first kappa shape index (κ1) is 25.7. The number of rotatable bonds is 5. The fourth-order valence-electron chi connectivity index (χ4n) is 2.99. The molecule has 1 aliphatic heterocycles. The summed E-state index contributed by atoms with van der Waals surface area (Å²) in [6.45, 7) is 15.4. The van der Waals surface area contributed by atoms with Crippen LogP contribution in [0.2, 0.25) is 0 Å². The first-order valence-corrected chi connectivity index (χ1v) is 9.32. The molecule has 1 unspecified atom stereocenters. The number of benzene rings is 2. The Labute approximate surface area is 188 Å². The number of nitrogens with zero attached hydrogens (tertiary/aromatic N) is 1. The summed E-state index contributed by atoms with van der Waals surface area (Å²) in [5, 5.41) is 3.44. The van der Waals surface area contributed by atoms with Crippen molar-refractivity contribution < 1.29 is 29.6 Å². The molecule has 0 radical (unpaired) electrons. The maximum Gasteiger partial charge on any atom is 1.00 e. The van der Waals surface area contributed by atoms with Crippen molar-refractivity contribution in [1.29, 1.82) is 0 Å². The number of nitrogens with one attached hydrogen (secondary N) is 1. The summed E-state index contributed by atoms with van der Waals surface area (Å²) in [5.41, 5.74) is 3.88. The van der Waals surface area contributed by atoms with Crippen LogP contribution >= 0.6 is 0 Å². The van der Waals surface area contributed by atoms with E-state index in [2.05, 4.69) is 92.5 Å². The number of likely N-dealkylation sites (N-methyl/N-ethyl adjacent to an activating group) is 1. The van der Waals surface area contributed by atoms with Gasteiger partial charge in [0.2, 0.25) is 0 Å². The van der Waals surface area contributed by atoms with Crippen LogP contribution in [0.15, 0.2) is 79.5 Å². The first-order chi connectivity index (χ1) is 12.7. The minimum atomic E-state index is 0. The summed E-state index contributed by atoms with van der Waals surface area (Å²) in [5.74, 6) is 0. The van der Waals surface area contributed by atoms with E-state index in [1.165, 1.54) is 30.5 Å². The van der Waals surface area contributed by atoms with Crippen LogP contribution in [0.5, 0.6) is 0 Å². The van der Waals surface area contributed by atoms with Crippen LogP contribution in [0.3, 0.4) is 0 Å². The molecular formula is C24H33N2Na. The Morgan fingerprint density at radius 3 is 1.96 bits per heavy atom. The molecule has 1 fully saturated rings. The Morgan fingerprint density at radius 1 is 1.04 bits per heavy atom. The van der Waals surface area contributed by atoms with Crippen LogP contribution < -0.4 is 34.9 Å². The number of likely N-dealkylation sites (tertiary alicyclic amines) is 1. The van der Waals surface area contributed by atoms with Crippen LogP contribution in [0.25, 0.3) is 0 Å². The predicted molar refractivity (Wildman–Crippen MR) is 114 cm³/mol. The van der Waals surface area contributed by atoms with Gasteiger partial charge in [0, 0.05) is 18.3 Å². The van der Waals surface area contributed by atoms with Gasteiger partial charge < -0.3 is 11.9 Å². The third-order valence-corrected chi connectivity index (χ3v) is 4.54. The fraction of sp³-hybridized carbons (Fsp3) is 0.333. The molecule has 2 aromatic rings. The molecular weight excluding hydrogens is 339 g/mol. The Hall–Kier alpha value is -1.32. The SMILES string of the molecule is C=C(NCc1ccccc1)C1CCCN1C.CCc1ccccc1.[CH-]=C.[Na+]. The van der Waals surface area contributed by atoms with Gasteiger partial charge in [0.05, 0.1) is 0 Å². The molecule has 0 amide bonds. The second kappa shape index (κ2) is 15.7. The predicted octanol–water partition coefficient (Wildman–Crippen LogP) is 2.24. The van der Waals surface area contributed by atoms with Crippen molar-refractivity contribution in [3.05, 3.63) is 97.2 Å². The van der Waals surface area contributed by atoms with E-state index < -0.39 is 0 Å². The van der Waals surface area contributed by atoms with Gasteiger partial charge in [-0.3, -0.25) is 11.5 Å². The third-order valence-electron chi connectivity index (χ3n) is 4.54. The van der Waals surface area contributed by atoms with Crippen molar-refractivity contribution in [3.8, 4) is 0 Å². The summed E-state index contributed by atoms with van der Waals surface area (Å²) >= 11 is 0. The molecule has 0 aliphatic carbocycles. The number of hydrogen-bond acceptors (Lipinski definition) is 2. The first-order valence-electron chi connectivity index (χ1n) is 9.32. The van der Waals surface area contributed by atoms with Gasteiger partial charge in [-0.1, -0.05) is 74.2 Å². The maximum atomic E-state index is 4.25. The number of hydrogen-bond donors (Lipinski definition) is 1. The molecule has 0 spiro atoms. The molecule has 3 rings (SSSR count). The van der Waals surface area contributed by atoms with Crippen LogP contribution in [-0.4, -0.2) is 24.5 Å². The van der Waals surface area contributed by atoms with Gasteiger partial charge in [-0.05, 0) is 44.0 Å². The van der Waals surface area contributed by atoms with E-state index in [-0.39, 0.29) is 29.6 Å². The van der Waals surface area contributed by atoms with Gasteiger partial charge in [0.25, 0.3) is 0 Å². The van der Waals surface area contributed by atoms with Crippen molar-refractivity contribution in [2.75, 3.05) is 13.6 Å². The van der Waals surface area contributed by atoms with E-state index in [0.29, 0.717) is 6.04 Å². The Kier molecular flexibility index (Phi) is 14.9. The second-order valence-corrected chi connectivity index (χ2v) is 6.34. The standard InChI is InChI=1S/C14H20N2.C8H10.C2H3.Na/c1-12(14-9-6-10-16(14)2)15-11-13-7-4-3-5-8-13;1-2-8-6-4-3-5-7-8;1-2;/h3-5,7-8,14-15H,1,6,9-11H2,2H3;3-7H,2H2,1H3;1H,2H2;/q;;-1;+1. The van der Waals surface area contributed by atoms with Crippen LogP contribution in [-0.2, 0) is 13.0 Å². The minimum absolute atomic E-state index is 0. The fourth-order valence-corrected chi connectivity index (χ4v) is 2.99. The number of aryl methyl sites for hydroxylation is 1. The Balaban J connectivity index is 0.000000522. The molecule has 0 bridgehead atoms. The molecule has 3 heteroatoms. The van der Waals surface area contributed by atoms with Crippen molar-refractivity contribution in [3.63, 3.8) is 0 Å². The largest absolute Gasteiger partial charge is 1.00 e. The topological polar surface area (TPSA) is 15.3 Å².